The van der Waals surface area contributed by atoms with E-state index in [1.807, 2.05) is 36.4 Å². The van der Waals surface area contributed by atoms with Crippen LogP contribution >= 0.6 is 0 Å². The fraction of sp³-hybridized carbons (Fsp3) is 0.0588. The van der Waals surface area contributed by atoms with Crippen molar-refractivity contribution in [2.24, 2.45) is 7.05 Å². The van der Waals surface area contributed by atoms with Gasteiger partial charge in [-0.2, -0.15) is 0 Å². The number of para-hydroxylation sites is 1. The first-order valence-corrected chi connectivity index (χ1v) is 6.37. The lowest BCUT2D eigenvalue weighted by atomic mass is 10.1. The quantitative estimate of drug-likeness (QED) is 0.667. The molecule has 1 heterocycles. The predicted octanol–water partition coefficient (Wildman–Crippen LogP) is 2.77. The van der Waals surface area contributed by atoms with Gasteiger partial charge in [0.25, 0.3) is 0 Å². The molecule has 0 bridgehead atoms. The number of fused-ring (bicyclic) bond motifs is 1. The van der Waals surface area contributed by atoms with Gasteiger partial charge in [-0.25, -0.2) is 0 Å². The van der Waals surface area contributed by atoms with Gasteiger partial charge in [-0.05, 0) is 12.1 Å². The summed E-state index contributed by atoms with van der Waals surface area (Å²) in [7, 11) is 1.80. The highest BCUT2D eigenvalue weighted by atomic mass is 16.1. The van der Waals surface area contributed by atoms with Crippen LogP contribution in [0.3, 0.4) is 0 Å². The molecule has 0 radical (unpaired) electrons. The fourth-order valence-corrected chi connectivity index (χ4v) is 2.36. The van der Waals surface area contributed by atoms with E-state index < -0.39 is 0 Å². The number of benzene rings is 2. The second kappa shape index (κ2) is 4.78. The number of hydrogen-bond donors (Lipinski definition) is 0. The molecule has 0 N–H and O–H groups in total. The largest absolute Gasteiger partial charge is 0.341 e. The van der Waals surface area contributed by atoms with Gasteiger partial charge >= 0.3 is 0 Å². The van der Waals surface area contributed by atoms with Crippen molar-refractivity contribution in [3.63, 3.8) is 0 Å². The molecule has 98 valence electrons. The van der Waals surface area contributed by atoms with Crippen LogP contribution in [-0.4, -0.2) is 10.4 Å². The summed E-state index contributed by atoms with van der Waals surface area (Å²) in [6.45, 7) is 0. The number of hydrogen-bond acceptors (Lipinski definition) is 2. The SMILES string of the molecule is Cn1c(C(=O)c2ccccc2)cc(=O)c2ccccc21. The van der Waals surface area contributed by atoms with Crippen LogP contribution < -0.4 is 5.43 Å². The molecule has 0 spiro atoms. The van der Waals surface area contributed by atoms with Gasteiger partial charge in [-0.3, -0.25) is 9.59 Å². The van der Waals surface area contributed by atoms with Crippen molar-refractivity contribution in [2.75, 3.05) is 0 Å². The molecule has 2 aromatic carbocycles. The van der Waals surface area contributed by atoms with Gasteiger partial charge in [-0.15, -0.1) is 0 Å². The molecule has 0 saturated carbocycles. The van der Waals surface area contributed by atoms with Crippen LogP contribution in [0, 0.1) is 0 Å². The fourth-order valence-electron chi connectivity index (χ4n) is 2.36. The van der Waals surface area contributed by atoms with Crippen LogP contribution in [0.5, 0.6) is 0 Å². The number of rotatable bonds is 2. The number of carbonyl (C=O) groups is 1. The first-order valence-electron chi connectivity index (χ1n) is 6.37. The number of carbonyl (C=O) groups excluding carboxylic acids is 1. The van der Waals surface area contributed by atoms with E-state index in [0.717, 1.165) is 5.52 Å². The average molecular weight is 263 g/mol. The van der Waals surface area contributed by atoms with E-state index in [9.17, 15) is 9.59 Å². The Morgan fingerprint density at radius 3 is 2.35 bits per heavy atom. The summed E-state index contributed by atoms with van der Waals surface area (Å²) in [5.41, 5.74) is 1.62. The maximum atomic E-state index is 12.5. The van der Waals surface area contributed by atoms with Gasteiger partial charge in [0.15, 0.2) is 5.43 Å². The molecule has 0 atom stereocenters. The zero-order valence-electron chi connectivity index (χ0n) is 11.0. The summed E-state index contributed by atoms with van der Waals surface area (Å²) in [4.78, 5) is 24.6. The van der Waals surface area contributed by atoms with Crippen molar-refractivity contribution in [3.05, 3.63) is 82.1 Å². The smallest absolute Gasteiger partial charge is 0.209 e. The van der Waals surface area contributed by atoms with Gasteiger partial charge < -0.3 is 4.57 Å². The van der Waals surface area contributed by atoms with Crippen molar-refractivity contribution in [3.8, 4) is 0 Å². The lowest BCUT2D eigenvalue weighted by Crippen LogP contribution is -2.16. The molecule has 20 heavy (non-hydrogen) atoms. The minimum Gasteiger partial charge on any atom is -0.341 e. The monoisotopic (exact) mass is 263 g/mol. The molecular formula is C17H13NO2. The minimum absolute atomic E-state index is 0.127. The molecule has 0 aliphatic rings. The third-order valence-electron chi connectivity index (χ3n) is 3.43. The van der Waals surface area contributed by atoms with E-state index in [2.05, 4.69) is 0 Å². The lowest BCUT2D eigenvalue weighted by molar-refractivity contribution is 0.103. The molecule has 0 fully saturated rings. The van der Waals surface area contributed by atoms with E-state index in [1.165, 1.54) is 6.07 Å². The Morgan fingerprint density at radius 2 is 1.60 bits per heavy atom. The minimum atomic E-state index is -0.143. The maximum Gasteiger partial charge on any atom is 0.209 e. The Balaban J connectivity index is 2.25. The highest BCUT2D eigenvalue weighted by Crippen LogP contribution is 2.14. The number of aromatic nitrogens is 1. The van der Waals surface area contributed by atoms with E-state index in [0.29, 0.717) is 16.6 Å². The van der Waals surface area contributed by atoms with Crippen molar-refractivity contribution in [2.45, 2.75) is 0 Å². The summed E-state index contributed by atoms with van der Waals surface area (Å²) >= 11 is 0. The lowest BCUT2D eigenvalue weighted by Gasteiger charge is -2.11. The molecule has 0 aliphatic carbocycles. The van der Waals surface area contributed by atoms with Gasteiger partial charge in [-0.1, -0.05) is 42.5 Å². The maximum absolute atomic E-state index is 12.5. The molecule has 3 rings (SSSR count). The predicted molar refractivity (Wildman–Crippen MR) is 79.1 cm³/mol. The number of nitrogens with zero attached hydrogens (tertiary/aromatic N) is 1. The van der Waals surface area contributed by atoms with Crippen LogP contribution in [0.1, 0.15) is 16.1 Å². The van der Waals surface area contributed by atoms with Crippen molar-refractivity contribution in [1.82, 2.24) is 4.57 Å². The first kappa shape index (κ1) is 12.4. The summed E-state index contributed by atoms with van der Waals surface area (Å²) in [6.07, 6.45) is 0. The highest BCUT2D eigenvalue weighted by molar-refractivity contribution is 6.08. The van der Waals surface area contributed by atoms with E-state index in [-0.39, 0.29) is 11.2 Å². The number of ketones is 1. The van der Waals surface area contributed by atoms with Gasteiger partial charge in [0.2, 0.25) is 5.78 Å². The molecule has 0 saturated heterocycles. The van der Waals surface area contributed by atoms with E-state index in [1.54, 1.807) is 29.8 Å². The third-order valence-corrected chi connectivity index (χ3v) is 3.43. The Labute approximate surface area is 116 Å². The van der Waals surface area contributed by atoms with Crippen molar-refractivity contribution < 1.29 is 4.79 Å². The molecule has 0 amide bonds. The van der Waals surface area contributed by atoms with Crippen molar-refractivity contribution in [1.29, 1.82) is 0 Å². The van der Waals surface area contributed by atoms with E-state index in [4.69, 9.17) is 0 Å². The zero-order valence-corrected chi connectivity index (χ0v) is 11.0. The van der Waals surface area contributed by atoms with Gasteiger partial charge in [0.05, 0.1) is 11.2 Å². The third kappa shape index (κ3) is 1.93. The second-order valence-electron chi connectivity index (χ2n) is 4.67. The molecule has 3 nitrogen and oxygen atoms in total. The van der Waals surface area contributed by atoms with Gasteiger partial charge in [0, 0.05) is 24.1 Å². The number of aryl methyl sites for hydroxylation is 1. The Hall–Kier alpha value is -2.68. The van der Waals surface area contributed by atoms with Crippen molar-refractivity contribution >= 4 is 16.7 Å². The first-order chi connectivity index (χ1) is 9.68. The highest BCUT2D eigenvalue weighted by Gasteiger charge is 2.14. The summed E-state index contributed by atoms with van der Waals surface area (Å²) < 4.78 is 1.77. The van der Waals surface area contributed by atoms with Crippen LogP contribution in [0.2, 0.25) is 0 Å². The molecule has 0 aliphatic heterocycles. The van der Waals surface area contributed by atoms with Gasteiger partial charge in [0.1, 0.15) is 0 Å². The second-order valence-corrected chi connectivity index (χ2v) is 4.67. The van der Waals surface area contributed by atoms with Crippen LogP contribution in [0.25, 0.3) is 10.9 Å². The van der Waals surface area contributed by atoms with Crippen LogP contribution in [-0.2, 0) is 7.05 Å². The average Bonchev–Trinajstić information content (AvgIpc) is 2.51. The molecule has 3 heteroatoms. The summed E-state index contributed by atoms with van der Waals surface area (Å²) in [5.74, 6) is -0.143. The number of pyridine rings is 1. The Bertz CT molecular complexity index is 848. The zero-order chi connectivity index (χ0) is 14.1. The molecular weight excluding hydrogens is 250 g/mol. The standard InChI is InChI=1S/C17H13NO2/c1-18-14-10-6-5-9-13(14)16(19)11-15(18)17(20)12-7-3-2-4-8-12/h2-11H,1H3. The van der Waals surface area contributed by atoms with E-state index >= 15 is 0 Å². The Morgan fingerprint density at radius 1 is 0.950 bits per heavy atom. The topological polar surface area (TPSA) is 39.1 Å². The molecule has 3 aromatic rings. The summed E-state index contributed by atoms with van der Waals surface area (Å²) in [5, 5.41) is 0.625. The van der Waals surface area contributed by atoms with Crippen LogP contribution in [0.4, 0.5) is 0 Å². The normalized spacial score (nSPS) is 10.7. The Kier molecular flexibility index (Phi) is 2.95. The molecule has 1 aromatic heterocycles. The molecule has 0 unspecified atom stereocenters. The van der Waals surface area contributed by atoms with Crippen LogP contribution in [0.15, 0.2) is 65.5 Å². The summed E-state index contributed by atoms with van der Waals surface area (Å²) in [6, 6.07) is 17.7.